The van der Waals surface area contributed by atoms with Crippen molar-refractivity contribution in [3.8, 4) is 0 Å². The molecule has 0 aliphatic heterocycles. The van der Waals surface area contributed by atoms with Crippen molar-refractivity contribution in [1.29, 1.82) is 0 Å². The van der Waals surface area contributed by atoms with Gasteiger partial charge in [0.1, 0.15) is 5.82 Å². The first kappa shape index (κ1) is 11.1. The minimum absolute atomic E-state index is 0.166. The second-order valence-electron chi connectivity index (χ2n) is 3.48. The lowest BCUT2D eigenvalue weighted by molar-refractivity contribution is 0.426. The van der Waals surface area contributed by atoms with E-state index in [4.69, 9.17) is 11.5 Å². The summed E-state index contributed by atoms with van der Waals surface area (Å²) in [6.07, 6.45) is 0.911. The Morgan fingerprint density at radius 1 is 1.43 bits per heavy atom. The molecule has 0 fully saturated rings. The summed E-state index contributed by atoms with van der Waals surface area (Å²) in [7, 11) is 0. The fourth-order valence-corrected chi connectivity index (χ4v) is 1.55. The second kappa shape index (κ2) is 5.08. The maximum atomic E-state index is 12.9. The van der Waals surface area contributed by atoms with E-state index in [1.54, 1.807) is 6.07 Å². The summed E-state index contributed by atoms with van der Waals surface area (Å²) in [5, 5.41) is 0. The van der Waals surface area contributed by atoms with Gasteiger partial charge < -0.3 is 11.5 Å². The molecule has 0 aliphatic rings. The van der Waals surface area contributed by atoms with Crippen LogP contribution in [0.3, 0.4) is 0 Å². The van der Waals surface area contributed by atoms with E-state index in [1.165, 1.54) is 12.1 Å². The van der Waals surface area contributed by atoms with E-state index < -0.39 is 0 Å². The summed E-state index contributed by atoms with van der Waals surface area (Å²) in [6, 6.07) is 6.24. The molecule has 0 radical (unpaired) electrons. The zero-order valence-electron chi connectivity index (χ0n) is 8.41. The monoisotopic (exact) mass is 196 g/mol. The average molecular weight is 196 g/mol. The third-order valence-electron chi connectivity index (χ3n) is 2.57. The van der Waals surface area contributed by atoms with Crippen LogP contribution < -0.4 is 11.5 Å². The predicted octanol–water partition coefficient (Wildman–Crippen LogP) is 1.81. The molecule has 0 amide bonds. The highest BCUT2D eigenvalue weighted by Crippen LogP contribution is 2.21. The highest BCUT2D eigenvalue weighted by atomic mass is 19.1. The van der Waals surface area contributed by atoms with Crippen LogP contribution in [0, 0.1) is 11.7 Å². The van der Waals surface area contributed by atoms with Gasteiger partial charge in [-0.3, -0.25) is 0 Å². The van der Waals surface area contributed by atoms with Crippen molar-refractivity contribution in [3.63, 3.8) is 0 Å². The molecule has 0 saturated heterocycles. The van der Waals surface area contributed by atoms with E-state index >= 15 is 0 Å². The zero-order chi connectivity index (χ0) is 10.6. The first-order chi connectivity index (χ1) is 6.69. The molecule has 14 heavy (non-hydrogen) atoms. The lowest BCUT2D eigenvalue weighted by Gasteiger charge is -2.21. The Kier molecular flexibility index (Phi) is 4.04. The van der Waals surface area contributed by atoms with E-state index in [0.717, 1.165) is 12.0 Å². The highest BCUT2D eigenvalue weighted by Gasteiger charge is 2.16. The van der Waals surface area contributed by atoms with Crippen LogP contribution in [-0.4, -0.2) is 6.54 Å². The Hall–Kier alpha value is -0.930. The highest BCUT2D eigenvalue weighted by molar-refractivity contribution is 5.20. The molecular weight excluding hydrogens is 179 g/mol. The summed E-state index contributed by atoms with van der Waals surface area (Å²) in [6.45, 7) is 2.57. The third kappa shape index (κ3) is 2.53. The zero-order valence-corrected chi connectivity index (χ0v) is 8.41. The van der Waals surface area contributed by atoms with E-state index in [1.807, 2.05) is 13.0 Å². The minimum Gasteiger partial charge on any atom is -0.330 e. The van der Waals surface area contributed by atoms with Crippen molar-refractivity contribution in [2.75, 3.05) is 6.54 Å². The van der Waals surface area contributed by atoms with Crippen molar-refractivity contribution in [2.24, 2.45) is 17.4 Å². The van der Waals surface area contributed by atoms with Crippen LogP contribution in [0.1, 0.15) is 24.9 Å². The Morgan fingerprint density at radius 2 is 2.14 bits per heavy atom. The molecule has 0 bridgehead atoms. The van der Waals surface area contributed by atoms with Crippen molar-refractivity contribution >= 4 is 0 Å². The third-order valence-corrected chi connectivity index (χ3v) is 2.57. The Morgan fingerprint density at radius 3 is 2.64 bits per heavy atom. The van der Waals surface area contributed by atoms with Crippen molar-refractivity contribution in [1.82, 2.24) is 0 Å². The lowest BCUT2D eigenvalue weighted by atomic mass is 9.92. The lowest BCUT2D eigenvalue weighted by Crippen LogP contribution is -2.27. The molecule has 2 nitrogen and oxygen atoms in total. The number of hydrogen-bond donors (Lipinski definition) is 2. The van der Waals surface area contributed by atoms with Gasteiger partial charge in [-0.25, -0.2) is 4.39 Å². The van der Waals surface area contributed by atoms with Gasteiger partial charge in [-0.05, 0) is 30.2 Å². The molecule has 4 N–H and O–H groups in total. The van der Waals surface area contributed by atoms with Crippen LogP contribution in [0.15, 0.2) is 24.3 Å². The fraction of sp³-hybridized carbons (Fsp3) is 0.455. The average Bonchev–Trinajstić information content (AvgIpc) is 2.19. The molecular formula is C11H17FN2. The summed E-state index contributed by atoms with van der Waals surface area (Å²) in [5.74, 6) is -0.0263. The number of rotatable bonds is 4. The van der Waals surface area contributed by atoms with Gasteiger partial charge in [0.05, 0.1) is 0 Å². The predicted molar refractivity (Wildman–Crippen MR) is 56.2 cm³/mol. The minimum atomic E-state index is -0.246. The SMILES string of the molecule is CCC(CN)C(N)c1cccc(F)c1. The van der Waals surface area contributed by atoms with Crippen LogP contribution in [0.4, 0.5) is 4.39 Å². The first-order valence-electron chi connectivity index (χ1n) is 4.90. The van der Waals surface area contributed by atoms with E-state index in [0.29, 0.717) is 6.54 Å². The van der Waals surface area contributed by atoms with Crippen molar-refractivity contribution in [3.05, 3.63) is 35.6 Å². The Bertz CT molecular complexity index is 284. The number of nitrogens with two attached hydrogens (primary N) is 2. The van der Waals surface area contributed by atoms with Gasteiger partial charge in [0.15, 0.2) is 0 Å². The standard InChI is InChI=1S/C11H17FN2/c1-2-8(7-13)11(14)9-4-3-5-10(12)6-9/h3-6,8,11H,2,7,13-14H2,1H3. The molecule has 0 heterocycles. The summed E-state index contributed by atoms with van der Waals surface area (Å²) in [4.78, 5) is 0. The van der Waals surface area contributed by atoms with Crippen molar-refractivity contribution < 1.29 is 4.39 Å². The molecule has 2 atom stereocenters. The van der Waals surface area contributed by atoms with Gasteiger partial charge in [0, 0.05) is 6.04 Å². The first-order valence-corrected chi connectivity index (χ1v) is 4.90. The summed E-state index contributed by atoms with van der Waals surface area (Å²) in [5.41, 5.74) is 12.4. The van der Waals surface area contributed by atoms with E-state index in [9.17, 15) is 4.39 Å². The van der Waals surface area contributed by atoms with Crippen LogP contribution in [0.25, 0.3) is 0 Å². The molecule has 0 saturated carbocycles. The van der Waals surface area contributed by atoms with Crippen LogP contribution >= 0.6 is 0 Å². The van der Waals surface area contributed by atoms with Crippen LogP contribution in [0.5, 0.6) is 0 Å². The Balaban J connectivity index is 2.82. The molecule has 3 heteroatoms. The molecule has 78 valence electrons. The van der Waals surface area contributed by atoms with Crippen LogP contribution in [-0.2, 0) is 0 Å². The maximum Gasteiger partial charge on any atom is 0.123 e. The normalized spacial score (nSPS) is 15.1. The molecule has 0 spiro atoms. The van der Waals surface area contributed by atoms with E-state index in [-0.39, 0.29) is 17.8 Å². The maximum absolute atomic E-state index is 12.9. The summed E-state index contributed by atoms with van der Waals surface area (Å²) < 4.78 is 12.9. The Labute approximate surface area is 84.1 Å². The molecule has 1 aromatic rings. The summed E-state index contributed by atoms with van der Waals surface area (Å²) >= 11 is 0. The van der Waals surface area contributed by atoms with Gasteiger partial charge >= 0.3 is 0 Å². The van der Waals surface area contributed by atoms with Gasteiger partial charge in [0.2, 0.25) is 0 Å². The molecule has 0 aliphatic carbocycles. The number of hydrogen-bond acceptors (Lipinski definition) is 2. The van der Waals surface area contributed by atoms with Gasteiger partial charge in [-0.15, -0.1) is 0 Å². The fourth-order valence-electron chi connectivity index (χ4n) is 1.55. The van der Waals surface area contributed by atoms with Gasteiger partial charge in [-0.1, -0.05) is 25.5 Å². The topological polar surface area (TPSA) is 52.0 Å². The smallest absolute Gasteiger partial charge is 0.123 e. The number of benzene rings is 1. The number of halogens is 1. The van der Waals surface area contributed by atoms with Gasteiger partial charge in [0.25, 0.3) is 0 Å². The molecule has 0 aromatic heterocycles. The molecule has 2 unspecified atom stereocenters. The second-order valence-corrected chi connectivity index (χ2v) is 3.48. The van der Waals surface area contributed by atoms with Crippen molar-refractivity contribution in [2.45, 2.75) is 19.4 Å². The largest absolute Gasteiger partial charge is 0.330 e. The van der Waals surface area contributed by atoms with Crippen LogP contribution in [0.2, 0.25) is 0 Å². The molecule has 1 aromatic carbocycles. The molecule has 1 rings (SSSR count). The van der Waals surface area contributed by atoms with E-state index in [2.05, 4.69) is 0 Å². The van der Waals surface area contributed by atoms with Gasteiger partial charge in [-0.2, -0.15) is 0 Å². The quantitative estimate of drug-likeness (QED) is 0.771.